The average Bonchev–Trinajstić information content (AvgIpc) is 3.70. The second-order valence-electron chi connectivity index (χ2n) is 12.8. The molecular weight excluding hydrogens is 731 g/mol. The summed E-state index contributed by atoms with van der Waals surface area (Å²) in [7, 11) is 0. The van der Waals surface area contributed by atoms with Gasteiger partial charge >= 0.3 is 41.9 Å². The smallest absolute Gasteiger partial charge is 0.0114 e. The molecule has 49 heavy (non-hydrogen) atoms. The molecule has 0 amide bonds. The van der Waals surface area contributed by atoms with Crippen LogP contribution in [0.5, 0.6) is 0 Å². The van der Waals surface area contributed by atoms with Crippen LogP contribution in [0.25, 0.3) is 65.3 Å². The van der Waals surface area contributed by atoms with Crippen LogP contribution in [0.4, 0.5) is 0 Å². The van der Waals surface area contributed by atoms with Crippen molar-refractivity contribution in [2.24, 2.45) is 0 Å². The number of halogens is 2. The fourth-order valence-electron chi connectivity index (χ4n) is 6.69. The van der Waals surface area contributed by atoms with Crippen molar-refractivity contribution < 1.29 is 48.1 Å². The van der Waals surface area contributed by atoms with Crippen LogP contribution >= 0.6 is 0 Å². The molecule has 4 heteroatoms. The van der Waals surface area contributed by atoms with E-state index in [9.17, 15) is 0 Å². The minimum absolute atomic E-state index is 0. The first kappa shape index (κ1) is 38.5. The van der Waals surface area contributed by atoms with Gasteiger partial charge in [0.05, 0.1) is 0 Å². The van der Waals surface area contributed by atoms with Crippen LogP contribution in [0, 0.1) is 20.8 Å². The van der Waals surface area contributed by atoms with Crippen LogP contribution < -0.4 is 24.8 Å². The molecule has 0 fully saturated rings. The van der Waals surface area contributed by atoms with Crippen molar-refractivity contribution in [3.05, 3.63) is 156 Å². The van der Waals surface area contributed by atoms with Crippen molar-refractivity contribution in [2.45, 2.75) is 47.2 Å². The van der Waals surface area contributed by atoms with Crippen molar-refractivity contribution in [1.29, 1.82) is 0 Å². The maximum atomic E-state index is 2.36. The van der Waals surface area contributed by atoms with Gasteiger partial charge in [-0.25, -0.2) is 0 Å². The molecular formula is C45H42Cl2SiZr-2. The van der Waals surface area contributed by atoms with Crippen molar-refractivity contribution in [3.63, 3.8) is 0 Å². The van der Waals surface area contributed by atoms with Crippen LogP contribution in [0.15, 0.2) is 133 Å². The van der Waals surface area contributed by atoms with Gasteiger partial charge in [0, 0.05) is 0 Å². The third kappa shape index (κ3) is 8.38. The minimum Gasteiger partial charge on any atom is -1.00 e. The molecule has 0 bridgehead atoms. The molecule has 0 aliphatic rings. The molecule has 0 atom stereocenters. The van der Waals surface area contributed by atoms with Gasteiger partial charge in [-0.1, -0.05) is 136 Å². The summed E-state index contributed by atoms with van der Waals surface area (Å²) in [5.41, 5.74) is 11.0. The number of hydrogen-bond acceptors (Lipinski definition) is 0. The van der Waals surface area contributed by atoms with Gasteiger partial charge in [-0.15, -0.1) is 68.1 Å². The molecule has 0 spiro atoms. The number of benzene rings is 6. The molecule has 0 N–H and O–H groups in total. The van der Waals surface area contributed by atoms with Gasteiger partial charge < -0.3 is 24.8 Å². The molecule has 0 heterocycles. The van der Waals surface area contributed by atoms with Crippen molar-refractivity contribution in [1.82, 2.24) is 0 Å². The second-order valence-corrected chi connectivity index (χ2v) is 22.2. The third-order valence-corrected chi connectivity index (χ3v) is 8.98. The van der Waals surface area contributed by atoms with Gasteiger partial charge in [-0.3, -0.25) is 0 Å². The Labute approximate surface area is 319 Å². The van der Waals surface area contributed by atoms with E-state index in [2.05, 4.69) is 174 Å². The Bertz CT molecular complexity index is 2360. The monoisotopic (exact) mass is 770 g/mol. The predicted octanol–water partition coefficient (Wildman–Crippen LogP) is 7.04. The second kappa shape index (κ2) is 17.1. The minimum atomic E-state index is 0. The van der Waals surface area contributed by atoms with Crippen LogP contribution in [0.3, 0.4) is 0 Å². The molecule has 0 saturated heterocycles. The van der Waals surface area contributed by atoms with E-state index >= 15 is 0 Å². The van der Waals surface area contributed by atoms with Crippen molar-refractivity contribution in [3.8, 4) is 22.3 Å². The Hall–Kier alpha value is -3.26. The van der Waals surface area contributed by atoms with Crippen molar-refractivity contribution >= 4 is 48.5 Å². The van der Waals surface area contributed by atoms with Gasteiger partial charge in [0.25, 0.3) is 0 Å². The van der Waals surface area contributed by atoms with Gasteiger partial charge in [-0.2, -0.15) is 12.1 Å². The van der Waals surface area contributed by atoms with Gasteiger partial charge in [0.1, 0.15) is 0 Å². The Morgan fingerprint density at radius 3 is 1.41 bits per heavy atom. The molecule has 0 nitrogen and oxygen atoms in total. The van der Waals surface area contributed by atoms with E-state index in [0.29, 0.717) is 0 Å². The summed E-state index contributed by atoms with van der Waals surface area (Å²) in [5, 5.41) is 10.8. The number of aryl methyl sites for hydroxylation is 4. The maximum Gasteiger partial charge on any atom is -0.0114 e. The van der Waals surface area contributed by atoms with E-state index in [1.54, 1.807) is 23.3 Å². The maximum absolute atomic E-state index is 2.36. The topological polar surface area (TPSA) is 0 Å². The summed E-state index contributed by atoms with van der Waals surface area (Å²) in [4.78, 5) is 0. The van der Waals surface area contributed by atoms with E-state index in [4.69, 9.17) is 0 Å². The first-order valence-corrected chi connectivity index (χ1v) is 22.8. The SMILES string of the molecule is CCc1cc2c(-c3cccc4ccccc34)ccc(C)c2[cH-]1.C[Si](C)=[Zr+2].Cc1cc2c(-c3cccc4ccccc34)ccc(C)c2[cH-]1.[Cl-].[Cl-]. The predicted molar refractivity (Wildman–Crippen MR) is 206 cm³/mol. The zero-order valence-electron chi connectivity index (χ0n) is 29.2. The third-order valence-electron chi connectivity index (χ3n) is 8.98. The zero-order chi connectivity index (χ0) is 33.1. The molecule has 0 aromatic heterocycles. The van der Waals surface area contributed by atoms with E-state index < -0.39 is 0 Å². The summed E-state index contributed by atoms with van der Waals surface area (Å²) in [6.07, 6.45) is 1.09. The summed E-state index contributed by atoms with van der Waals surface area (Å²) in [6, 6.07) is 48.7. The Kier molecular flexibility index (Phi) is 13.5. The zero-order valence-corrected chi connectivity index (χ0v) is 34.1. The standard InChI is InChI=1S/C22H19.C21H17.C2H6Si.2ClH.Zr/c1-3-16-13-21-15(2)11-12-20(22(21)14-16)19-10-6-8-17-7-4-5-9-18(17)19;1-14-12-20-15(2)10-11-19(21(20)13-14)18-9-5-7-16-6-3-4-8-17(16)18;1-3-2;;;/h4-14H,3H2,1-2H3;3-13H,1-2H3;1-2H3;2*1H;/q2*-1;;;;+2/p-2. The van der Waals surface area contributed by atoms with Crippen LogP contribution in [-0.2, 0) is 29.8 Å². The first-order valence-electron chi connectivity index (χ1n) is 16.6. The number of rotatable bonds is 3. The molecule has 0 aliphatic carbocycles. The van der Waals surface area contributed by atoms with Crippen LogP contribution in [0.1, 0.15) is 29.2 Å². The van der Waals surface area contributed by atoms with E-state index in [0.717, 1.165) is 6.42 Å². The Morgan fingerprint density at radius 2 is 0.918 bits per heavy atom. The largest absolute Gasteiger partial charge is 1.00 e. The quantitative estimate of drug-likeness (QED) is 0.134. The molecule has 8 rings (SSSR count). The first-order chi connectivity index (χ1) is 22.7. The van der Waals surface area contributed by atoms with Gasteiger partial charge in [0.2, 0.25) is 0 Å². The van der Waals surface area contributed by atoms with Crippen molar-refractivity contribution in [2.75, 3.05) is 0 Å². The normalized spacial score (nSPS) is 10.5. The van der Waals surface area contributed by atoms with Gasteiger partial charge in [-0.05, 0) is 39.1 Å². The fraction of sp³-hybridized carbons (Fsp3) is 0.156. The molecule has 0 aliphatic heterocycles. The average molecular weight is 773 g/mol. The number of fused-ring (bicyclic) bond motifs is 4. The van der Waals surface area contributed by atoms with Gasteiger partial charge in [0.15, 0.2) is 0 Å². The molecule has 0 unspecified atom stereocenters. The van der Waals surface area contributed by atoms with E-state index in [1.165, 1.54) is 87.6 Å². The van der Waals surface area contributed by atoms with E-state index in [-0.39, 0.29) is 30.2 Å². The van der Waals surface area contributed by atoms with Crippen LogP contribution in [0.2, 0.25) is 13.1 Å². The fourth-order valence-corrected chi connectivity index (χ4v) is 6.69. The summed E-state index contributed by atoms with van der Waals surface area (Å²) in [5.74, 6) is 0. The van der Waals surface area contributed by atoms with E-state index in [1.807, 2.05) is 0 Å². The Morgan fingerprint density at radius 1 is 0.510 bits per heavy atom. The summed E-state index contributed by atoms with van der Waals surface area (Å²) >= 11 is 1.74. The summed E-state index contributed by atoms with van der Waals surface area (Å²) < 4.78 is 0. The molecule has 246 valence electrons. The molecule has 0 radical (unpaired) electrons. The molecule has 0 saturated carbocycles. The van der Waals surface area contributed by atoms with Crippen LogP contribution in [-0.4, -0.2) is 5.43 Å². The Balaban J connectivity index is 0.000000192. The molecule has 8 aromatic carbocycles. The summed E-state index contributed by atoms with van der Waals surface area (Å²) in [6.45, 7) is 13.4. The molecule has 8 aromatic rings. The number of hydrogen-bond donors (Lipinski definition) is 0.